The third-order valence-electron chi connectivity index (χ3n) is 4.07. The molecule has 1 fully saturated rings. The number of hydrogen-bond acceptors (Lipinski definition) is 3. The van der Waals surface area contributed by atoms with E-state index in [4.69, 9.17) is 11.6 Å². The van der Waals surface area contributed by atoms with E-state index in [2.05, 4.69) is 5.32 Å². The van der Waals surface area contributed by atoms with Crippen LogP contribution in [0.15, 0.2) is 24.3 Å². The van der Waals surface area contributed by atoms with Crippen molar-refractivity contribution in [2.24, 2.45) is 0 Å². The summed E-state index contributed by atoms with van der Waals surface area (Å²) < 4.78 is 0. The van der Waals surface area contributed by atoms with Crippen LogP contribution < -0.4 is 5.32 Å². The summed E-state index contributed by atoms with van der Waals surface area (Å²) >= 11 is 5.85. The van der Waals surface area contributed by atoms with Gasteiger partial charge in [0.2, 0.25) is 11.8 Å². The molecule has 23 heavy (non-hydrogen) atoms. The maximum Gasteiger partial charge on any atom is 0.227 e. The monoisotopic (exact) mass is 337 g/mol. The zero-order valence-electron chi connectivity index (χ0n) is 13.6. The molecule has 126 valence electrons. The molecule has 2 amide bonds. The summed E-state index contributed by atoms with van der Waals surface area (Å²) in [6.07, 6.45) is 1.80. The van der Waals surface area contributed by atoms with Gasteiger partial charge in [-0.15, -0.1) is 0 Å². The molecular weight excluding hydrogens is 314 g/mol. The molecule has 0 aromatic heterocycles. The molecule has 0 unspecified atom stereocenters. The van der Waals surface area contributed by atoms with Gasteiger partial charge in [0, 0.05) is 37.6 Å². The Morgan fingerprint density at radius 1 is 1.04 bits per heavy atom. The highest BCUT2D eigenvalue weighted by molar-refractivity contribution is 6.30. The van der Waals surface area contributed by atoms with E-state index in [0.717, 1.165) is 18.5 Å². The minimum atomic E-state index is 0.106. The van der Waals surface area contributed by atoms with E-state index in [-0.39, 0.29) is 11.8 Å². The number of nitrogens with one attached hydrogen (secondary N) is 1. The van der Waals surface area contributed by atoms with Crippen LogP contribution >= 0.6 is 11.6 Å². The largest absolute Gasteiger partial charge is 0.339 e. The number of amides is 2. The lowest BCUT2D eigenvalue weighted by Crippen LogP contribution is -2.51. The Balaban J connectivity index is 1.76. The van der Waals surface area contributed by atoms with E-state index >= 15 is 0 Å². The van der Waals surface area contributed by atoms with Crippen molar-refractivity contribution in [1.29, 1.82) is 0 Å². The van der Waals surface area contributed by atoms with Crippen LogP contribution in [0, 0.1) is 0 Å². The Labute approximate surface area is 142 Å². The second-order valence-electron chi connectivity index (χ2n) is 5.77. The summed E-state index contributed by atoms with van der Waals surface area (Å²) in [5.41, 5.74) is 0.963. The highest BCUT2D eigenvalue weighted by atomic mass is 35.5. The van der Waals surface area contributed by atoms with Gasteiger partial charge in [0.25, 0.3) is 0 Å². The average molecular weight is 338 g/mol. The Bertz CT molecular complexity index is 525. The highest BCUT2D eigenvalue weighted by Gasteiger charge is 2.23. The van der Waals surface area contributed by atoms with E-state index in [0.29, 0.717) is 44.0 Å². The number of piperazine rings is 1. The van der Waals surface area contributed by atoms with Crippen LogP contribution in [0.5, 0.6) is 0 Å². The lowest BCUT2D eigenvalue weighted by molar-refractivity contribution is -0.139. The molecule has 1 N–H and O–H groups in total. The van der Waals surface area contributed by atoms with Crippen LogP contribution in [-0.4, -0.2) is 61.4 Å². The maximum atomic E-state index is 12.3. The van der Waals surface area contributed by atoms with E-state index < -0.39 is 0 Å². The van der Waals surface area contributed by atoms with Gasteiger partial charge in [0.15, 0.2) is 0 Å². The number of halogens is 1. The standard InChI is InChI=1S/C17H24ClN3O2/c1-19-8-2-3-16(22)20-9-11-21(12-10-20)17(23)13-14-4-6-15(18)7-5-14/h4-7,19H,2-3,8-13H2,1H3. The van der Waals surface area contributed by atoms with Crippen molar-refractivity contribution < 1.29 is 9.59 Å². The first-order chi connectivity index (χ1) is 11.1. The highest BCUT2D eigenvalue weighted by Crippen LogP contribution is 2.12. The topological polar surface area (TPSA) is 52.7 Å². The molecule has 0 bridgehead atoms. The number of carbonyl (C=O) groups is 2. The average Bonchev–Trinajstić information content (AvgIpc) is 2.57. The number of hydrogen-bond donors (Lipinski definition) is 1. The van der Waals surface area contributed by atoms with Gasteiger partial charge in [-0.25, -0.2) is 0 Å². The fourth-order valence-corrected chi connectivity index (χ4v) is 2.79. The molecule has 1 aliphatic heterocycles. The summed E-state index contributed by atoms with van der Waals surface area (Å²) in [7, 11) is 1.88. The van der Waals surface area contributed by atoms with E-state index in [1.165, 1.54) is 0 Å². The predicted octanol–water partition coefficient (Wildman–Crippen LogP) is 1.55. The first-order valence-electron chi connectivity index (χ1n) is 8.04. The number of nitrogens with zero attached hydrogens (tertiary/aromatic N) is 2. The van der Waals surface area contributed by atoms with Gasteiger partial charge in [-0.05, 0) is 37.7 Å². The van der Waals surface area contributed by atoms with Crippen molar-refractivity contribution >= 4 is 23.4 Å². The summed E-state index contributed by atoms with van der Waals surface area (Å²) in [5, 5.41) is 3.72. The summed E-state index contributed by atoms with van der Waals surface area (Å²) in [6.45, 7) is 3.34. The van der Waals surface area contributed by atoms with Crippen molar-refractivity contribution in [3.05, 3.63) is 34.9 Å². The second kappa shape index (κ2) is 8.89. The Morgan fingerprint density at radius 3 is 2.17 bits per heavy atom. The van der Waals surface area contributed by atoms with Crippen molar-refractivity contribution in [1.82, 2.24) is 15.1 Å². The SMILES string of the molecule is CNCCCC(=O)N1CCN(C(=O)Cc2ccc(Cl)cc2)CC1. The molecule has 0 atom stereocenters. The minimum absolute atomic E-state index is 0.106. The van der Waals surface area contributed by atoms with Gasteiger partial charge in [-0.3, -0.25) is 9.59 Å². The van der Waals surface area contributed by atoms with E-state index in [1.807, 2.05) is 29.0 Å². The lowest BCUT2D eigenvalue weighted by Gasteiger charge is -2.35. The Morgan fingerprint density at radius 2 is 1.61 bits per heavy atom. The molecule has 0 aliphatic carbocycles. The zero-order valence-corrected chi connectivity index (χ0v) is 14.3. The third-order valence-corrected chi connectivity index (χ3v) is 4.32. The summed E-state index contributed by atoms with van der Waals surface area (Å²) in [6, 6.07) is 7.35. The fourth-order valence-electron chi connectivity index (χ4n) is 2.67. The van der Waals surface area contributed by atoms with E-state index in [9.17, 15) is 9.59 Å². The van der Waals surface area contributed by atoms with Gasteiger partial charge in [0.05, 0.1) is 6.42 Å². The molecule has 6 heteroatoms. The molecular formula is C17H24ClN3O2. The van der Waals surface area contributed by atoms with Crippen molar-refractivity contribution in [2.45, 2.75) is 19.3 Å². The van der Waals surface area contributed by atoms with Crippen molar-refractivity contribution in [2.75, 3.05) is 39.8 Å². The normalized spacial score (nSPS) is 14.9. The Kier molecular flexibility index (Phi) is 6.86. The number of rotatable bonds is 6. The molecule has 2 rings (SSSR count). The van der Waals surface area contributed by atoms with Crippen molar-refractivity contribution in [3.63, 3.8) is 0 Å². The predicted molar refractivity (Wildman–Crippen MR) is 91.5 cm³/mol. The van der Waals surface area contributed by atoms with Crippen LogP contribution in [0.25, 0.3) is 0 Å². The molecule has 0 saturated carbocycles. The quantitative estimate of drug-likeness (QED) is 0.801. The molecule has 5 nitrogen and oxygen atoms in total. The maximum absolute atomic E-state index is 12.3. The van der Waals surface area contributed by atoms with Crippen molar-refractivity contribution in [3.8, 4) is 0 Å². The molecule has 1 aromatic carbocycles. The molecule has 1 saturated heterocycles. The molecule has 1 heterocycles. The summed E-state index contributed by atoms with van der Waals surface area (Å²) in [5.74, 6) is 0.291. The summed E-state index contributed by atoms with van der Waals surface area (Å²) in [4.78, 5) is 28.1. The van der Waals surface area contributed by atoms with Gasteiger partial charge in [0.1, 0.15) is 0 Å². The van der Waals surface area contributed by atoms with Gasteiger partial charge in [-0.1, -0.05) is 23.7 Å². The molecule has 0 spiro atoms. The van der Waals surface area contributed by atoms with Gasteiger partial charge >= 0.3 is 0 Å². The lowest BCUT2D eigenvalue weighted by atomic mass is 10.1. The third kappa shape index (κ3) is 5.52. The smallest absolute Gasteiger partial charge is 0.227 e. The zero-order chi connectivity index (χ0) is 16.7. The number of carbonyl (C=O) groups excluding carboxylic acids is 2. The van der Waals surface area contributed by atoms with Crippen LogP contribution in [0.4, 0.5) is 0 Å². The minimum Gasteiger partial charge on any atom is -0.339 e. The molecule has 1 aromatic rings. The van der Waals surface area contributed by atoms with Crippen LogP contribution in [0.3, 0.4) is 0 Å². The Hall–Kier alpha value is -1.59. The fraction of sp³-hybridized carbons (Fsp3) is 0.529. The molecule has 0 radical (unpaired) electrons. The van der Waals surface area contributed by atoms with Gasteiger partial charge < -0.3 is 15.1 Å². The second-order valence-corrected chi connectivity index (χ2v) is 6.21. The first kappa shape index (κ1) is 17.8. The van der Waals surface area contributed by atoms with Gasteiger partial charge in [-0.2, -0.15) is 0 Å². The number of benzene rings is 1. The van der Waals surface area contributed by atoms with E-state index in [1.54, 1.807) is 12.1 Å². The van der Waals surface area contributed by atoms with Crippen LogP contribution in [0.1, 0.15) is 18.4 Å². The van der Waals surface area contributed by atoms with Crippen LogP contribution in [0.2, 0.25) is 5.02 Å². The van der Waals surface area contributed by atoms with Crippen LogP contribution in [-0.2, 0) is 16.0 Å². The first-order valence-corrected chi connectivity index (χ1v) is 8.42. The molecule has 1 aliphatic rings.